The molecular weight excluding hydrogens is 286 g/mol. The van der Waals surface area contributed by atoms with Gasteiger partial charge in [-0.3, -0.25) is 4.68 Å². The maximum atomic E-state index is 5.42. The van der Waals surface area contributed by atoms with Crippen LogP contribution in [-0.4, -0.2) is 28.2 Å². The minimum atomic E-state index is 0.561. The standard InChI is InChI=1S/C19H21N3O/c1-14-10-16(5-4-15-2-3-15)6-7-18(14)19-12-22(21-20-19)11-17-8-9-23-13-17/h6-7,10,12,15,17H,2-3,8-9,11,13H2,1H3/t17-/m1/s1. The van der Waals surface area contributed by atoms with E-state index in [9.17, 15) is 0 Å². The number of ether oxygens (including phenoxy) is 1. The summed E-state index contributed by atoms with van der Waals surface area (Å²) >= 11 is 0. The van der Waals surface area contributed by atoms with E-state index in [1.807, 2.05) is 10.9 Å². The third-order valence-electron chi connectivity index (χ3n) is 4.51. The number of aryl methyl sites for hydroxylation is 1. The number of hydrogen-bond donors (Lipinski definition) is 0. The molecule has 1 atom stereocenters. The first kappa shape index (κ1) is 14.5. The summed E-state index contributed by atoms with van der Waals surface area (Å²) in [5.74, 6) is 7.78. The first-order chi connectivity index (χ1) is 11.3. The highest BCUT2D eigenvalue weighted by Gasteiger charge is 2.18. The minimum Gasteiger partial charge on any atom is -0.381 e. The molecule has 1 aliphatic carbocycles. The Balaban J connectivity index is 1.51. The molecule has 1 aromatic heterocycles. The maximum absolute atomic E-state index is 5.42. The summed E-state index contributed by atoms with van der Waals surface area (Å²) in [6.45, 7) is 4.70. The predicted octanol–water partition coefficient (Wildman–Crippen LogP) is 3.05. The van der Waals surface area contributed by atoms with E-state index in [2.05, 4.69) is 47.3 Å². The van der Waals surface area contributed by atoms with Crippen molar-refractivity contribution in [2.45, 2.75) is 32.7 Å². The molecule has 4 heteroatoms. The molecule has 0 N–H and O–H groups in total. The molecule has 0 spiro atoms. The topological polar surface area (TPSA) is 39.9 Å². The fraction of sp³-hybridized carbons (Fsp3) is 0.474. The Kier molecular flexibility index (Phi) is 3.88. The van der Waals surface area contributed by atoms with Crippen LogP contribution >= 0.6 is 0 Å². The average Bonchev–Trinajstić information content (AvgIpc) is 3.03. The van der Waals surface area contributed by atoms with Gasteiger partial charge in [-0.1, -0.05) is 23.1 Å². The summed E-state index contributed by atoms with van der Waals surface area (Å²) in [5.41, 5.74) is 4.36. The third kappa shape index (κ3) is 3.46. The van der Waals surface area contributed by atoms with Gasteiger partial charge in [-0.05, 0) is 43.9 Å². The highest BCUT2D eigenvalue weighted by molar-refractivity contribution is 5.64. The Hall–Kier alpha value is -2.12. The van der Waals surface area contributed by atoms with Gasteiger partial charge in [0.15, 0.2) is 0 Å². The van der Waals surface area contributed by atoms with Crippen molar-refractivity contribution >= 4 is 0 Å². The Morgan fingerprint density at radius 3 is 2.96 bits per heavy atom. The first-order valence-electron chi connectivity index (χ1n) is 8.38. The van der Waals surface area contributed by atoms with Crippen LogP contribution in [0.5, 0.6) is 0 Å². The van der Waals surface area contributed by atoms with Gasteiger partial charge in [0.2, 0.25) is 0 Å². The molecule has 2 aromatic rings. The van der Waals surface area contributed by atoms with Crippen molar-refractivity contribution in [1.29, 1.82) is 0 Å². The minimum absolute atomic E-state index is 0.561. The fourth-order valence-electron chi connectivity index (χ4n) is 2.94. The van der Waals surface area contributed by atoms with Crippen molar-refractivity contribution in [1.82, 2.24) is 15.0 Å². The molecule has 0 amide bonds. The van der Waals surface area contributed by atoms with Gasteiger partial charge in [0.25, 0.3) is 0 Å². The van der Waals surface area contributed by atoms with Crippen molar-refractivity contribution in [2.75, 3.05) is 13.2 Å². The van der Waals surface area contributed by atoms with Crippen molar-refractivity contribution in [3.05, 3.63) is 35.5 Å². The Morgan fingerprint density at radius 1 is 1.30 bits per heavy atom. The Morgan fingerprint density at radius 2 is 2.22 bits per heavy atom. The zero-order valence-corrected chi connectivity index (χ0v) is 13.5. The molecule has 0 bridgehead atoms. The molecule has 1 aliphatic heterocycles. The summed E-state index contributed by atoms with van der Waals surface area (Å²) in [5, 5.41) is 8.61. The number of nitrogens with zero attached hydrogens (tertiary/aromatic N) is 3. The quantitative estimate of drug-likeness (QED) is 0.818. The number of benzene rings is 1. The zero-order valence-electron chi connectivity index (χ0n) is 13.5. The van der Waals surface area contributed by atoms with Gasteiger partial charge < -0.3 is 4.74 Å². The second-order valence-electron chi connectivity index (χ2n) is 6.63. The summed E-state index contributed by atoms with van der Waals surface area (Å²) < 4.78 is 7.36. The third-order valence-corrected chi connectivity index (χ3v) is 4.51. The predicted molar refractivity (Wildman–Crippen MR) is 88.7 cm³/mol. The van der Waals surface area contributed by atoms with E-state index in [0.29, 0.717) is 11.8 Å². The van der Waals surface area contributed by atoms with E-state index >= 15 is 0 Å². The fourth-order valence-corrected chi connectivity index (χ4v) is 2.94. The molecule has 4 rings (SSSR count). The van der Waals surface area contributed by atoms with E-state index in [1.54, 1.807) is 0 Å². The molecule has 4 nitrogen and oxygen atoms in total. The summed E-state index contributed by atoms with van der Waals surface area (Å²) in [6, 6.07) is 6.34. The zero-order chi connectivity index (χ0) is 15.6. The van der Waals surface area contributed by atoms with Gasteiger partial charge >= 0.3 is 0 Å². The van der Waals surface area contributed by atoms with Gasteiger partial charge in [0.05, 0.1) is 12.8 Å². The molecule has 0 radical (unpaired) electrons. The lowest BCUT2D eigenvalue weighted by Gasteiger charge is -2.06. The largest absolute Gasteiger partial charge is 0.381 e. The van der Waals surface area contributed by atoms with Crippen LogP contribution in [0.15, 0.2) is 24.4 Å². The molecular formula is C19H21N3O. The van der Waals surface area contributed by atoms with E-state index in [0.717, 1.165) is 43.0 Å². The number of hydrogen-bond acceptors (Lipinski definition) is 3. The summed E-state index contributed by atoms with van der Waals surface area (Å²) in [4.78, 5) is 0. The van der Waals surface area contributed by atoms with Crippen molar-refractivity contribution in [2.24, 2.45) is 11.8 Å². The second kappa shape index (κ2) is 6.17. The second-order valence-corrected chi connectivity index (χ2v) is 6.63. The lowest BCUT2D eigenvalue weighted by atomic mass is 10.0. The normalized spacial score (nSPS) is 20.3. The first-order valence-corrected chi connectivity index (χ1v) is 8.38. The molecule has 118 valence electrons. The van der Waals surface area contributed by atoms with E-state index in [1.165, 1.54) is 18.4 Å². The molecule has 23 heavy (non-hydrogen) atoms. The Labute approximate surface area is 136 Å². The van der Waals surface area contributed by atoms with Crippen LogP contribution < -0.4 is 0 Å². The van der Waals surface area contributed by atoms with Crippen LogP contribution in [0.25, 0.3) is 11.3 Å². The van der Waals surface area contributed by atoms with Gasteiger partial charge in [0, 0.05) is 36.1 Å². The van der Waals surface area contributed by atoms with Crippen LogP contribution in [0, 0.1) is 30.6 Å². The molecule has 1 saturated heterocycles. The van der Waals surface area contributed by atoms with Crippen LogP contribution in [-0.2, 0) is 11.3 Å². The van der Waals surface area contributed by atoms with Crippen LogP contribution in [0.1, 0.15) is 30.4 Å². The van der Waals surface area contributed by atoms with Crippen LogP contribution in [0.4, 0.5) is 0 Å². The van der Waals surface area contributed by atoms with Crippen LogP contribution in [0.3, 0.4) is 0 Å². The van der Waals surface area contributed by atoms with Gasteiger partial charge in [-0.15, -0.1) is 5.10 Å². The summed E-state index contributed by atoms with van der Waals surface area (Å²) in [7, 11) is 0. The SMILES string of the molecule is Cc1cc(C#CC2CC2)ccc1-c1cn(C[C@H]2CCOC2)nn1. The van der Waals surface area contributed by atoms with Crippen molar-refractivity contribution in [3.8, 4) is 23.1 Å². The smallest absolute Gasteiger partial charge is 0.113 e. The lowest BCUT2D eigenvalue weighted by Crippen LogP contribution is -2.10. The molecule has 2 aliphatic rings. The van der Waals surface area contributed by atoms with Crippen LogP contribution in [0.2, 0.25) is 0 Å². The molecule has 0 unspecified atom stereocenters. The van der Waals surface area contributed by atoms with Crippen molar-refractivity contribution in [3.63, 3.8) is 0 Å². The Bertz CT molecular complexity index is 758. The molecule has 1 saturated carbocycles. The monoisotopic (exact) mass is 307 g/mol. The van der Waals surface area contributed by atoms with Gasteiger partial charge in [-0.25, -0.2) is 0 Å². The molecule has 2 fully saturated rings. The molecule has 1 aromatic carbocycles. The number of aromatic nitrogens is 3. The lowest BCUT2D eigenvalue weighted by molar-refractivity contribution is 0.181. The highest BCUT2D eigenvalue weighted by atomic mass is 16.5. The average molecular weight is 307 g/mol. The summed E-state index contributed by atoms with van der Waals surface area (Å²) in [6.07, 6.45) is 5.68. The van der Waals surface area contributed by atoms with E-state index in [-0.39, 0.29) is 0 Å². The maximum Gasteiger partial charge on any atom is 0.113 e. The van der Waals surface area contributed by atoms with E-state index in [4.69, 9.17) is 4.74 Å². The van der Waals surface area contributed by atoms with E-state index < -0.39 is 0 Å². The van der Waals surface area contributed by atoms with Gasteiger partial charge in [0.1, 0.15) is 5.69 Å². The van der Waals surface area contributed by atoms with Crippen molar-refractivity contribution < 1.29 is 4.74 Å². The van der Waals surface area contributed by atoms with Gasteiger partial charge in [-0.2, -0.15) is 0 Å². The number of rotatable bonds is 3. The highest BCUT2D eigenvalue weighted by Crippen LogP contribution is 2.28. The molecule has 2 heterocycles.